The van der Waals surface area contributed by atoms with Gasteiger partial charge in [-0.1, -0.05) is 18.2 Å². The Labute approximate surface area is 151 Å². The normalized spacial score (nSPS) is 23.5. The van der Waals surface area contributed by atoms with Gasteiger partial charge in [-0.15, -0.1) is 0 Å². The number of piperidine rings is 1. The number of nitro benzene ring substituents is 1. The van der Waals surface area contributed by atoms with Crippen molar-refractivity contribution in [2.45, 2.75) is 18.9 Å². The molecule has 2 aromatic carbocycles. The topological polar surface area (TPSA) is 66.7 Å². The van der Waals surface area contributed by atoms with Crippen molar-refractivity contribution in [3.63, 3.8) is 0 Å². The van der Waals surface area contributed by atoms with Crippen LogP contribution in [-0.4, -0.2) is 47.8 Å². The summed E-state index contributed by atoms with van der Waals surface area (Å²) >= 11 is 0. The molecule has 6 nitrogen and oxygen atoms in total. The van der Waals surface area contributed by atoms with Crippen LogP contribution in [0.4, 0.5) is 11.4 Å². The Balaban J connectivity index is 1.58. The molecule has 4 aliphatic rings. The van der Waals surface area contributed by atoms with E-state index in [0.717, 1.165) is 50.3 Å². The van der Waals surface area contributed by atoms with Crippen molar-refractivity contribution in [3.8, 4) is 11.1 Å². The first kappa shape index (κ1) is 15.5. The van der Waals surface area contributed by atoms with E-state index < -0.39 is 4.92 Å². The van der Waals surface area contributed by atoms with Crippen molar-refractivity contribution in [2.24, 2.45) is 0 Å². The summed E-state index contributed by atoms with van der Waals surface area (Å²) in [6.45, 7) is 4.29. The summed E-state index contributed by atoms with van der Waals surface area (Å²) in [5, 5.41) is 11.3. The van der Waals surface area contributed by atoms with Gasteiger partial charge in [-0.2, -0.15) is 0 Å². The Hall–Kier alpha value is -2.73. The number of benzene rings is 2. The molecule has 0 amide bonds. The number of carbonyl (C=O) groups excluding carboxylic acids is 1. The van der Waals surface area contributed by atoms with Gasteiger partial charge in [-0.25, -0.2) is 0 Å². The van der Waals surface area contributed by atoms with E-state index in [4.69, 9.17) is 0 Å². The summed E-state index contributed by atoms with van der Waals surface area (Å²) < 4.78 is 0. The summed E-state index contributed by atoms with van der Waals surface area (Å²) in [4.78, 5) is 28.7. The van der Waals surface area contributed by atoms with Crippen molar-refractivity contribution in [2.75, 3.05) is 31.1 Å². The zero-order valence-electron chi connectivity index (χ0n) is 14.4. The first-order chi connectivity index (χ1) is 12.6. The number of hydrogen-bond acceptors (Lipinski definition) is 5. The molecule has 0 aromatic heterocycles. The lowest BCUT2D eigenvalue weighted by Gasteiger charge is -2.33. The average Bonchev–Trinajstić information content (AvgIpc) is 2.84. The van der Waals surface area contributed by atoms with Crippen LogP contribution < -0.4 is 4.90 Å². The monoisotopic (exact) mass is 349 g/mol. The largest absolute Gasteiger partial charge is 0.367 e. The van der Waals surface area contributed by atoms with E-state index >= 15 is 0 Å². The minimum Gasteiger partial charge on any atom is -0.367 e. The van der Waals surface area contributed by atoms with E-state index in [2.05, 4.69) is 15.9 Å². The third kappa shape index (κ3) is 2.18. The summed E-state index contributed by atoms with van der Waals surface area (Å²) in [7, 11) is 0. The van der Waals surface area contributed by atoms with Gasteiger partial charge in [0.15, 0.2) is 0 Å². The summed E-state index contributed by atoms with van der Waals surface area (Å²) in [6, 6.07) is 11.3. The van der Waals surface area contributed by atoms with Crippen LogP contribution in [0.25, 0.3) is 11.1 Å². The van der Waals surface area contributed by atoms with Crippen LogP contribution in [0.15, 0.2) is 36.4 Å². The molecule has 26 heavy (non-hydrogen) atoms. The first-order valence-electron chi connectivity index (χ1n) is 9.09. The lowest BCUT2D eigenvalue weighted by molar-refractivity contribution is -0.385. The van der Waals surface area contributed by atoms with Gasteiger partial charge >= 0.3 is 0 Å². The lowest BCUT2D eigenvalue weighted by Crippen LogP contribution is -2.37. The number of ketones is 1. The summed E-state index contributed by atoms with van der Waals surface area (Å²) in [5.74, 6) is -0.230. The van der Waals surface area contributed by atoms with E-state index in [0.29, 0.717) is 17.2 Å². The van der Waals surface area contributed by atoms with Crippen LogP contribution in [0.5, 0.6) is 0 Å². The molecular formula is C20H19N3O3. The van der Waals surface area contributed by atoms with Gasteiger partial charge in [0.2, 0.25) is 5.78 Å². The highest BCUT2D eigenvalue weighted by molar-refractivity contribution is 6.24. The van der Waals surface area contributed by atoms with Gasteiger partial charge in [0, 0.05) is 55.1 Å². The molecule has 132 valence electrons. The Morgan fingerprint density at radius 2 is 1.77 bits per heavy atom. The molecule has 3 fully saturated rings. The third-order valence-corrected chi connectivity index (χ3v) is 5.99. The number of hydrogen-bond donors (Lipinski definition) is 0. The van der Waals surface area contributed by atoms with Crippen LogP contribution >= 0.6 is 0 Å². The Kier molecular flexibility index (Phi) is 3.37. The van der Waals surface area contributed by atoms with Crippen LogP contribution in [0.1, 0.15) is 28.8 Å². The molecule has 1 aliphatic carbocycles. The molecule has 2 aromatic rings. The van der Waals surface area contributed by atoms with Gasteiger partial charge < -0.3 is 9.80 Å². The number of nitrogens with zero attached hydrogens (tertiary/aromatic N) is 3. The van der Waals surface area contributed by atoms with Crippen molar-refractivity contribution in [1.82, 2.24) is 4.90 Å². The van der Waals surface area contributed by atoms with Gasteiger partial charge in [-0.3, -0.25) is 14.9 Å². The van der Waals surface area contributed by atoms with E-state index in [-0.39, 0.29) is 17.0 Å². The van der Waals surface area contributed by atoms with Crippen molar-refractivity contribution in [1.29, 1.82) is 0 Å². The molecule has 3 heterocycles. The molecule has 0 unspecified atom stereocenters. The van der Waals surface area contributed by atoms with Crippen LogP contribution in [0.2, 0.25) is 0 Å². The lowest BCUT2D eigenvalue weighted by atomic mass is 10.0. The molecule has 0 atom stereocenters. The zero-order valence-corrected chi connectivity index (χ0v) is 14.4. The molecule has 3 saturated heterocycles. The standard InChI is InChI=1S/C20H19N3O3/c24-20-17-12-14(22-11-10-21-8-6-13(22)7-9-21)4-5-15(17)16-2-1-3-18(19(16)20)23(25)26/h1-5,12-13H,6-11H2. The van der Waals surface area contributed by atoms with Gasteiger partial charge in [0.05, 0.1) is 4.92 Å². The van der Waals surface area contributed by atoms with Gasteiger partial charge in [0.1, 0.15) is 5.56 Å². The highest BCUT2D eigenvalue weighted by Gasteiger charge is 2.35. The zero-order chi connectivity index (χ0) is 17.8. The predicted octanol–water partition coefficient (Wildman–Crippen LogP) is 3.09. The summed E-state index contributed by atoms with van der Waals surface area (Å²) in [5.41, 5.74) is 3.25. The van der Waals surface area contributed by atoms with Crippen LogP contribution in [0.3, 0.4) is 0 Å². The molecule has 6 rings (SSSR count). The number of anilines is 1. The SMILES string of the molecule is O=C1c2cc(N3CCN4CCC3CC4)ccc2-c2cccc([N+](=O)[O-])c21. The summed E-state index contributed by atoms with van der Waals surface area (Å²) in [6.07, 6.45) is 2.30. The maximum Gasteiger partial charge on any atom is 0.281 e. The van der Waals surface area contributed by atoms with E-state index in [1.165, 1.54) is 6.07 Å². The average molecular weight is 349 g/mol. The predicted molar refractivity (Wildman–Crippen MR) is 98.8 cm³/mol. The fourth-order valence-corrected chi connectivity index (χ4v) is 4.65. The molecule has 0 radical (unpaired) electrons. The van der Waals surface area contributed by atoms with E-state index in [9.17, 15) is 14.9 Å². The quantitative estimate of drug-likeness (QED) is 0.525. The van der Waals surface area contributed by atoms with Crippen LogP contribution in [-0.2, 0) is 0 Å². The van der Waals surface area contributed by atoms with Gasteiger partial charge in [0.25, 0.3) is 5.69 Å². The number of fused-ring (bicyclic) bond motifs is 7. The second kappa shape index (κ2) is 5.64. The molecule has 0 saturated carbocycles. The molecule has 2 bridgehead atoms. The van der Waals surface area contributed by atoms with E-state index in [1.807, 2.05) is 12.1 Å². The smallest absolute Gasteiger partial charge is 0.281 e. The van der Waals surface area contributed by atoms with Crippen molar-refractivity contribution in [3.05, 3.63) is 57.6 Å². The first-order valence-corrected chi connectivity index (χ1v) is 9.09. The fourth-order valence-electron chi connectivity index (χ4n) is 4.65. The Bertz CT molecular complexity index is 932. The highest BCUT2D eigenvalue weighted by atomic mass is 16.6. The maximum absolute atomic E-state index is 12.9. The maximum atomic E-state index is 12.9. The molecule has 0 N–H and O–H groups in total. The minimum absolute atomic E-state index is 0.105. The minimum atomic E-state index is -0.467. The number of rotatable bonds is 2. The molecule has 3 aliphatic heterocycles. The third-order valence-electron chi connectivity index (χ3n) is 5.99. The fraction of sp³-hybridized carbons (Fsp3) is 0.350. The number of nitro groups is 1. The molecule has 0 spiro atoms. The van der Waals surface area contributed by atoms with E-state index in [1.54, 1.807) is 12.1 Å². The Morgan fingerprint density at radius 3 is 2.54 bits per heavy atom. The van der Waals surface area contributed by atoms with Gasteiger partial charge in [-0.05, 0) is 30.5 Å². The molecule has 6 heteroatoms. The highest BCUT2D eigenvalue weighted by Crippen LogP contribution is 2.42. The molecular weight excluding hydrogens is 330 g/mol. The number of carbonyl (C=O) groups is 1. The second-order valence-electron chi connectivity index (χ2n) is 7.28. The van der Waals surface area contributed by atoms with Crippen molar-refractivity contribution < 1.29 is 9.72 Å². The Morgan fingerprint density at radius 1 is 0.962 bits per heavy atom. The van der Waals surface area contributed by atoms with Crippen LogP contribution in [0, 0.1) is 10.1 Å². The second-order valence-corrected chi connectivity index (χ2v) is 7.28. The van der Waals surface area contributed by atoms with Crippen molar-refractivity contribution >= 4 is 17.2 Å².